The van der Waals surface area contributed by atoms with Crippen LogP contribution in [0.4, 0.5) is 0 Å². The molecule has 0 N–H and O–H groups in total. The second kappa shape index (κ2) is 11.0. The first kappa shape index (κ1) is 30.4. The maximum Gasteiger partial charge on any atom is 0.235 e. The molecule has 55 heavy (non-hydrogen) atoms. The molecule has 0 unspecified atom stereocenters. The second-order valence-electron chi connectivity index (χ2n) is 15.4. The van der Waals surface area contributed by atoms with E-state index in [1.807, 2.05) is 0 Å². The molecule has 0 aliphatic heterocycles. The van der Waals surface area contributed by atoms with Crippen LogP contribution in [-0.2, 0) is 5.41 Å². The number of nitrogens with zero attached hydrogens (tertiary/aromatic N) is 4. The van der Waals surface area contributed by atoms with Crippen molar-refractivity contribution in [3.8, 4) is 34.0 Å². The molecule has 0 amide bonds. The fourth-order valence-corrected chi connectivity index (χ4v) is 9.55. The summed E-state index contributed by atoms with van der Waals surface area (Å²) < 4.78 is 4.76. The van der Waals surface area contributed by atoms with Gasteiger partial charge in [-0.3, -0.25) is 4.57 Å². The Labute approximate surface area is 317 Å². The molecular formula is C51H34N4. The third-order valence-electron chi connectivity index (χ3n) is 12.1. The Hall–Kier alpha value is -7.04. The van der Waals surface area contributed by atoms with Crippen LogP contribution >= 0.6 is 0 Å². The maximum absolute atomic E-state index is 5.58. The van der Waals surface area contributed by atoms with E-state index < -0.39 is 0 Å². The number of benzene rings is 8. The maximum atomic E-state index is 5.58. The van der Waals surface area contributed by atoms with Crippen LogP contribution in [0.15, 0.2) is 170 Å². The molecule has 1 aliphatic carbocycles. The summed E-state index contributed by atoms with van der Waals surface area (Å²) in [6.07, 6.45) is 0. The molecule has 4 nitrogen and oxygen atoms in total. The molecule has 1 aliphatic rings. The SMILES string of the molecule is CC1(C)c2ccccc2-c2c1ccc1c3ccc(-n4c5ccccc5c5ccccc54)cc3n(-c3nc(-c4ccc5ccccc5c4)c4ccccc4n3)c21. The minimum Gasteiger partial charge on any atom is -0.309 e. The number of hydrogen-bond acceptors (Lipinski definition) is 2. The van der Waals surface area contributed by atoms with E-state index in [9.17, 15) is 0 Å². The van der Waals surface area contributed by atoms with Crippen molar-refractivity contribution >= 4 is 65.3 Å². The van der Waals surface area contributed by atoms with Crippen LogP contribution in [0.25, 0.3) is 99.3 Å². The summed E-state index contributed by atoms with van der Waals surface area (Å²) in [4.78, 5) is 11.0. The molecule has 0 spiro atoms. The molecule has 3 heterocycles. The molecule has 0 bridgehead atoms. The van der Waals surface area contributed by atoms with Crippen molar-refractivity contribution in [2.24, 2.45) is 0 Å². The second-order valence-corrected chi connectivity index (χ2v) is 15.4. The van der Waals surface area contributed by atoms with E-state index in [4.69, 9.17) is 9.97 Å². The van der Waals surface area contributed by atoms with Gasteiger partial charge in [-0.1, -0.05) is 147 Å². The van der Waals surface area contributed by atoms with Gasteiger partial charge in [0.05, 0.1) is 33.3 Å². The number of aromatic nitrogens is 4. The lowest BCUT2D eigenvalue weighted by atomic mass is 9.82. The molecule has 4 heteroatoms. The molecule has 258 valence electrons. The first-order valence-electron chi connectivity index (χ1n) is 19.0. The number of hydrogen-bond donors (Lipinski definition) is 0. The highest BCUT2D eigenvalue weighted by Crippen LogP contribution is 2.53. The summed E-state index contributed by atoms with van der Waals surface area (Å²) in [6.45, 7) is 4.70. The van der Waals surface area contributed by atoms with Crippen molar-refractivity contribution in [2.45, 2.75) is 19.3 Å². The molecule has 0 atom stereocenters. The third-order valence-corrected chi connectivity index (χ3v) is 12.1. The van der Waals surface area contributed by atoms with E-state index >= 15 is 0 Å². The van der Waals surface area contributed by atoms with Crippen molar-refractivity contribution in [1.82, 2.24) is 19.1 Å². The van der Waals surface area contributed by atoms with Crippen molar-refractivity contribution < 1.29 is 0 Å². The molecular weight excluding hydrogens is 669 g/mol. The summed E-state index contributed by atoms with van der Waals surface area (Å²) >= 11 is 0. The van der Waals surface area contributed by atoms with Gasteiger partial charge in [-0.15, -0.1) is 0 Å². The summed E-state index contributed by atoms with van der Waals surface area (Å²) in [5, 5.41) is 8.29. The summed E-state index contributed by atoms with van der Waals surface area (Å²) in [5.74, 6) is 0.664. The van der Waals surface area contributed by atoms with Crippen molar-refractivity contribution in [2.75, 3.05) is 0 Å². The highest BCUT2D eigenvalue weighted by molar-refractivity contribution is 6.16. The lowest BCUT2D eigenvalue weighted by Crippen LogP contribution is -2.14. The Balaban J connectivity index is 1.23. The Morgan fingerprint density at radius 3 is 1.93 bits per heavy atom. The lowest BCUT2D eigenvalue weighted by molar-refractivity contribution is 0.661. The van der Waals surface area contributed by atoms with E-state index in [1.165, 1.54) is 65.6 Å². The number of para-hydroxylation sites is 3. The summed E-state index contributed by atoms with van der Waals surface area (Å²) in [7, 11) is 0. The molecule has 0 radical (unpaired) electrons. The number of rotatable bonds is 3. The zero-order valence-electron chi connectivity index (χ0n) is 30.5. The average molecular weight is 703 g/mol. The molecule has 8 aromatic carbocycles. The van der Waals surface area contributed by atoms with Crippen LogP contribution in [0.5, 0.6) is 0 Å². The van der Waals surface area contributed by atoms with Crippen LogP contribution in [0.1, 0.15) is 25.0 Å². The van der Waals surface area contributed by atoms with Gasteiger partial charge >= 0.3 is 0 Å². The zero-order valence-corrected chi connectivity index (χ0v) is 30.5. The molecule has 0 fully saturated rings. The monoisotopic (exact) mass is 702 g/mol. The van der Waals surface area contributed by atoms with E-state index in [0.29, 0.717) is 5.95 Å². The lowest BCUT2D eigenvalue weighted by Gasteiger charge is -2.21. The Bertz CT molecular complexity index is 3360. The standard InChI is InChI=1S/C51H34N4/c1-51(2)41-19-9-5-17-39(41)47-42(51)28-27-38-37-26-25-34(54-44-21-11-7-15-35(44)36-16-8-12-22-45(36)54)30-46(37)55(49(38)47)50-52-43-20-10-6-18-40(43)48(53-50)33-24-23-31-13-3-4-14-32(31)29-33/h3-30H,1-2H3. The van der Waals surface area contributed by atoms with Gasteiger partial charge in [-0.25, -0.2) is 9.97 Å². The van der Waals surface area contributed by atoms with Gasteiger partial charge in [0.25, 0.3) is 0 Å². The first-order valence-corrected chi connectivity index (χ1v) is 19.0. The topological polar surface area (TPSA) is 35.6 Å². The molecule has 12 rings (SSSR count). The van der Waals surface area contributed by atoms with Gasteiger partial charge in [0, 0.05) is 49.2 Å². The fourth-order valence-electron chi connectivity index (χ4n) is 9.55. The summed E-state index contributed by atoms with van der Waals surface area (Å²) in [5.41, 5.74) is 13.6. The Kier molecular flexibility index (Phi) is 6.09. The minimum atomic E-state index is -0.157. The summed E-state index contributed by atoms with van der Waals surface area (Å²) in [6, 6.07) is 61.5. The van der Waals surface area contributed by atoms with E-state index in [2.05, 4.69) is 193 Å². The third kappa shape index (κ3) is 4.17. The quantitative estimate of drug-likeness (QED) is 0.184. The van der Waals surface area contributed by atoms with Crippen molar-refractivity contribution in [3.63, 3.8) is 0 Å². The van der Waals surface area contributed by atoms with Crippen LogP contribution in [0, 0.1) is 0 Å². The van der Waals surface area contributed by atoms with Crippen LogP contribution < -0.4 is 0 Å². The number of fused-ring (bicyclic) bond motifs is 12. The average Bonchev–Trinajstić information content (AvgIpc) is 3.83. The highest BCUT2D eigenvalue weighted by Gasteiger charge is 2.38. The van der Waals surface area contributed by atoms with Gasteiger partial charge in [0.15, 0.2) is 0 Å². The predicted octanol–water partition coefficient (Wildman–Crippen LogP) is 13.0. The van der Waals surface area contributed by atoms with Gasteiger partial charge < -0.3 is 4.57 Å². The predicted molar refractivity (Wildman–Crippen MR) is 229 cm³/mol. The minimum absolute atomic E-state index is 0.157. The molecule has 11 aromatic rings. The van der Waals surface area contributed by atoms with Gasteiger partial charge in [-0.05, 0) is 63.9 Å². The largest absolute Gasteiger partial charge is 0.309 e. The molecule has 0 saturated heterocycles. The van der Waals surface area contributed by atoms with Crippen molar-refractivity contribution in [1.29, 1.82) is 0 Å². The normalized spacial score (nSPS) is 13.4. The van der Waals surface area contributed by atoms with Crippen LogP contribution in [0.2, 0.25) is 0 Å². The zero-order chi connectivity index (χ0) is 36.4. The van der Waals surface area contributed by atoms with Gasteiger partial charge in [0.2, 0.25) is 5.95 Å². The molecule has 0 saturated carbocycles. The van der Waals surface area contributed by atoms with E-state index in [-0.39, 0.29) is 5.41 Å². The van der Waals surface area contributed by atoms with E-state index in [1.54, 1.807) is 0 Å². The van der Waals surface area contributed by atoms with Crippen molar-refractivity contribution in [3.05, 3.63) is 181 Å². The van der Waals surface area contributed by atoms with Gasteiger partial charge in [0.1, 0.15) is 0 Å². The van der Waals surface area contributed by atoms with Crippen LogP contribution in [-0.4, -0.2) is 19.1 Å². The smallest absolute Gasteiger partial charge is 0.235 e. The van der Waals surface area contributed by atoms with Gasteiger partial charge in [-0.2, -0.15) is 0 Å². The van der Waals surface area contributed by atoms with Crippen LogP contribution in [0.3, 0.4) is 0 Å². The van der Waals surface area contributed by atoms with E-state index in [0.717, 1.165) is 38.9 Å². The Morgan fingerprint density at radius 1 is 0.455 bits per heavy atom. The highest BCUT2D eigenvalue weighted by atomic mass is 15.2. The fraction of sp³-hybridized carbons (Fsp3) is 0.0588. The Morgan fingerprint density at radius 2 is 1.11 bits per heavy atom. The first-order chi connectivity index (χ1) is 27.0. The molecule has 3 aromatic heterocycles.